The van der Waals surface area contributed by atoms with Crippen molar-refractivity contribution in [3.8, 4) is 6.07 Å². The Morgan fingerprint density at radius 2 is 2.38 bits per heavy atom. The van der Waals surface area contributed by atoms with Crippen LogP contribution in [0.5, 0.6) is 0 Å². The maximum Gasteiger partial charge on any atom is 0.339 e. The molecule has 8 nitrogen and oxygen atoms in total. The van der Waals surface area contributed by atoms with Crippen molar-refractivity contribution in [2.45, 2.75) is 19.6 Å². The average molecular weight is 293 g/mol. The highest BCUT2D eigenvalue weighted by Gasteiger charge is 2.24. The van der Waals surface area contributed by atoms with Crippen LogP contribution in [0.25, 0.3) is 0 Å². The third-order valence-electron chi connectivity index (χ3n) is 3.11. The van der Waals surface area contributed by atoms with E-state index in [4.69, 9.17) is 19.5 Å². The van der Waals surface area contributed by atoms with E-state index in [1.807, 2.05) is 6.07 Å². The summed E-state index contributed by atoms with van der Waals surface area (Å²) < 4.78 is 10.4. The molecule has 2 N–H and O–H groups in total. The van der Waals surface area contributed by atoms with Gasteiger partial charge in [-0.25, -0.2) is 9.59 Å². The molecule has 1 unspecified atom stereocenters. The molecule has 1 aromatic rings. The first kappa shape index (κ1) is 14.9. The molecule has 1 atom stereocenters. The number of carbonyl (C=O) groups is 2. The van der Waals surface area contributed by atoms with Crippen LogP contribution in [0.4, 0.5) is 4.79 Å². The van der Waals surface area contributed by atoms with Crippen LogP contribution in [0.2, 0.25) is 0 Å². The first-order valence-electron chi connectivity index (χ1n) is 6.38. The summed E-state index contributed by atoms with van der Waals surface area (Å²) in [6.45, 7) is 2.56. The molecule has 1 saturated heterocycles. The zero-order chi connectivity index (χ0) is 15.4. The highest BCUT2D eigenvalue weighted by Crippen LogP contribution is 2.14. The van der Waals surface area contributed by atoms with Gasteiger partial charge >= 0.3 is 12.0 Å². The van der Waals surface area contributed by atoms with Gasteiger partial charge in [0.25, 0.3) is 0 Å². The van der Waals surface area contributed by atoms with Crippen molar-refractivity contribution >= 4 is 12.0 Å². The minimum absolute atomic E-state index is 0.0789. The number of aromatic carboxylic acids is 1. The van der Waals surface area contributed by atoms with Gasteiger partial charge in [0.2, 0.25) is 0 Å². The van der Waals surface area contributed by atoms with Crippen molar-refractivity contribution in [1.82, 2.24) is 10.2 Å². The second-order valence-electron chi connectivity index (χ2n) is 4.58. The maximum absolute atomic E-state index is 12.0. The molecule has 112 valence electrons. The van der Waals surface area contributed by atoms with Gasteiger partial charge in [-0.05, 0) is 13.0 Å². The summed E-state index contributed by atoms with van der Waals surface area (Å²) in [6, 6.07) is 3.00. The van der Waals surface area contributed by atoms with Crippen LogP contribution in [0.15, 0.2) is 10.5 Å². The molecule has 1 aliphatic rings. The van der Waals surface area contributed by atoms with E-state index in [9.17, 15) is 9.59 Å². The Kier molecular flexibility index (Phi) is 4.45. The third-order valence-corrected chi connectivity index (χ3v) is 3.11. The summed E-state index contributed by atoms with van der Waals surface area (Å²) in [6.07, 6.45) is -0.617. The van der Waals surface area contributed by atoms with Crippen LogP contribution in [-0.4, -0.2) is 47.8 Å². The number of urea groups is 1. The second kappa shape index (κ2) is 6.28. The van der Waals surface area contributed by atoms with Crippen LogP contribution in [-0.2, 0) is 11.3 Å². The van der Waals surface area contributed by atoms with Crippen molar-refractivity contribution < 1.29 is 23.8 Å². The lowest BCUT2D eigenvalue weighted by Gasteiger charge is -2.29. The molecule has 0 bridgehead atoms. The summed E-state index contributed by atoms with van der Waals surface area (Å²) in [7, 11) is 0. The van der Waals surface area contributed by atoms with E-state index >= 15 is 0 Å². The molecular formula is C13H15N3O5. The van der Waals surface area contributed by atoms with Gasteiger partial charge < -0.3 is 24.5 Å². The van der Waals surface area contributed by atoms with Crippen LogP contribution in [0.1, 0.15) is 21.9 Å². The lowest BCUT2D eigenvalue weighted by Crippen LogP contribution is -2.49. The number of nitriles is 1. The van der Waals surface area contributed by atoms with E-state index in [0.717, 1.165) is 0 Å². The zero-order valence-corrected chi connectivity index (χ0v) is 11.5. The number of hydrogen-bond donors (Lipinski definition) is 2. The Bertz CT molecular complexity index is 589. The SMILES string of the molecule is Cc1oc(CNC(=O)N2CCOC(C#N)C2)cc1C(=O)O. The number of amides is 2. The maximum atomic E-state index is 12.0. The number of carboxylic acids is 1. The van der Waals surface area contributed by atoms with Gasteiger partial charge in [-0.15, -0.1) is 0 Å². The lowest BCUT2D eigenvalue weighted by molar-refractivity contribution is 0.0156. The molecular weight excluding hydrogens is 278 g/mol. The molecule has 2 heterocycles. The molecule has 0 spiro atoms. The van der Waals surface area contributed by atoms with Crippen LogP contribution in [0, 0.1) is 18.3 Å². The number of carboxylic acid groups (broad SMARTS) is 1. The van der Waals surface area contributed by atoms with Crippen molar-refractivity contribution in [3.05, 3.63) is 23.2 Å². The van der Waals surface area contributed by atoms with E-state index < -0.39 is 12.1 Å². The smallest absolute Gasteiger partial charge is 0.339 e. The minimum atomic E-state index is -1.07. The molecule has 1 aromatic heterocycles. The van der Waals surface area contributed by atoms with E-state index in [1.54, 1.807) is 6.92 Å². The summed E-state index contributed by atoms with van der Waals surface area (Å²) in [5.74, 6) is -0.412. The zero-order valence-electron chi connectivity index (χ0n) is 11.5. The van der Waals surface area contributed by atoms with Crippen molar-refractivity contribution in [2.24, 2.45) is 0 Å². The molecule has 2 rings (SSSR count). The Hall–Kier alpha value is -2.53. The predicted molar refractivity (Wildman–Crippen MR) is 69.6 cm³/mol. The number of hydrogen-bond acceptors (Lipinski definition) is 5. The van der Waals surface area contributed by atoms with Crippen molar-refractivity contribution in [2.75, 3.05) is 19.7 Å². The molecule has 8 heteroatoms. The highest BCUT2D eigenvalue weighted by atomic mass is 16.5. The molecule has 2 amide bonds. The fraction of sp³-hybridized carbons (Fsp3) is 0.462. The standard InChI is InChI=1S/C13H15N3O5/c1-8-11(12(17)18)4-9(21-8)6-15-13(19)16-2-3-20-10(5-14)7-16/h4,10H,2-3,6-7H2,1H3,(H,15,19)(H,17,18). The number of rotatable bonds is 3. The van der Waals surface area contributed by atoms with Gasteiger partial charge in [0.05, 0.1) is 25.8 Å². The van der Waals surface area contributed by atoms with Crippen LogP contribution < -0.4 is 5.32 Å². The molecule has 0 aliphatic carbocycles. The van der Waals surface area contributed by atoms with Gasteiger partial charge in [-0.2, -0.15) is 5.26 Å². The lowest BCUT2D eigenvalue weighted by atomic mass is 10.2. The predicted octanol–water partition coefficient (Wildman–Crippen LogP) is 0.720. The van der Waals surface area contributed by atoms with Crippen LogP contribution >= 0.6 is 0 Å². The summed E-state index contributed by atoms with van der Waals surface area (Å²) in [4.78, 5) is 24.3. The Labute approximate surface area is 120 Å². The summed E-state index contributed by atoms with van der Waals surface area (Å²) >= 11 is 0. The fourth-order valence-corrected chi connectivity index (χ4v) is 2.03. The number of morpholine rings is 1. The Morgan fingerprint density at radius 1 is 1.62 bits per heavy atom. The summed E-state index contributed by atoms with van der Waals surface area (Å²) in [5.41, 5.74) is 0.0789. The van der Waals surface area contributed by atoms with Gasteiger partial charge in [0, 0.05) is 6.54 Å². The Morgan fingerprint density at radius 3 is 3.00 bits per heavy atom. The molecule has 0 radical (unpaired) electrons. The molecule has 21 heavy (non-hydrogen) atoms. The largest absolute Gasteiger partial charge is 0.478 e. The van der Waals surface area contributed by atoms with Gasteiger partial charge in [-0.3, -0.25) is 0 Å². The summed E-state index contributed by atoms with van der Waals surface area (Å²) in [5, 5.41) is 20.3. The van der Waals surface area contributed by atoms with E-state index in [1.165, 1.54) is 11.0 Å². The number of furan rings is 1. The number of carbonyl (C=O) groups excluding carboxylic acids is 1. The van der Waals surface area contributed by atoms with E-state index in [-0.39, 0.29) is 24.7 Å². The van der Waals surface area contributed by atoms with E-state index in [2.05, 4.69) is 5.32 Å². The second-order valence-corrected chi connectivity index (χ2v) is 4.58. The molecule has 1 aliphatic heterocycles. The van der Waals surface area contributed by atoms with Crippen molar-refractivity contribution in [3.63, 3.8) is 0 Å². The fourth-order valence-electron chi connectivity index (χ4n) is 2.03. The van der Waals surface area contributed by atoms with Gasteiger partial charge in [0.1, 0.15) is 17.1 Å². The van der Waals surface area contributed by atoms with Crippen LogP contribution in [0.3, 0.4) is 0 Å². The van der Waals surface area contributed by atoms with Crippen molar-refractivity contribution in [1.29, 1.82) is 5.26 Å². The number of ether oxygens (including phenoxy) is 1. The molecule has 1 fully saturated rings. The molecule has 0 aromatic carbocycles. The average Bonchev–Trinajstić information content (AvgIpc) is 2.86. The van der Waals surface area contributed by atoms with Gasteiger partial charge in [0.15, 0.2) is 6.10 Å². The van der Waals surface area contributed by atoms with E-state index in [0.29, 0.717) is 24.7 Å². The third kappa shape index (κ3) is 3.52. The molecule has 0 saturated carbocycles. The quantitative estimate of drug-likeness (QED) is 0.848. The first-order valence-corrected chi connectivity index (χ1v) is 6.38. The number of aryl methyl sites for hydroxylation is 1. The normalized spacial score (nSPS) is 18.1. The Balaban J connectivity index is 1.91. The number of nitrogens with zero attached hydrogens (tertiary/aromatic N) is 2. The first-order chi connectivity index (χ1) is 10.0. The highest BCUT2D eigenvalue weighted by molar-refractivity contribution is 5.88. The van der Waals surface area contributed by atoms with Gasteiger partial charge in [-0.1, -0.05) is 0 Å². The topological polar surface area (TPSA) is 116 Å². The minimum Gasteiger partial charge on any atom is -0.478 e. The monoisotopic (exact) mass is 293 g/mol. The number of nitrogens with one attached hydrogen (secondary N) is 1.